The van der Waals surface area contributed by atoms with E-state index in [1.54, 1.807) is 0 Å². The molecule has 1 aliphatic rings. The molecule has 3 N–H and O–H groups in total. The Balaban J connectivity index is 0.00000312. The van der Waals surface area contributed by atoms with Crippen LogP contribution in [0.4, 0.5) is 0 Å². The number of hydrogen-bond donors (Lipinski definition) is 2. The number of halogens is 1. The van der Waals surface area contributed by atoms with Crippen molar-refractivity contribution in [2.24, 2.45) is 5.73 Å². The third kappa shape index (κ3) is 6.92. The van der Waals surface area contributed by atoms with Crippen LogP contribution in [-0.4, -0.2) is 49.0 Å². The molecule has 1 atom stereocenters. The first-order chi connectivity index (χ1) is 11.6. The van der Waals surface area contributed by atoms with Gasteiger partial charge in [-0.25, -0.2) is 0 Å². The maximum atomic E-state index is 12.5. The molecule has 2 rings (SSSR count). The van der Waals surface area contributed by atoms with Crippen LogP contribution in [0.15, 0.2) is 24.3 Å². The van der Waals surface area contributed by atoms with Crippen molar-refractivity contribution in [1.82, 2.24) is 10.2 Å². The van der Waals surface area contributed by atoms with E-state index < -0.39 is 0 Å². The number of nitrogens with one attached hydrogen (secondary N) is 1. The summed E-state index contributed by atoms with van der Waals surface area (Å²) < 4.78 is 5.62. The largest absolute Gasteiger partial charge is 0.484 e. The van der Waals surface area contributed by atoms with Crippen molar-refractivity contribution in [2.75, 3.05) is 26.2 Å². The highest BCUT2D eigenvalue weighted by Gasteiger charge is 2.27. The topological polar surface area (TPSA) is 84.7 Å². The normalized spacial score (nSPS) is 16.7. The Kier molecular flexibility index (Phi) is 9.31. The number of ether oxygens (including phenoxy) is 1. The smallest absolute Gasteiger partial charge is 0.260 e. The number of likely N-dealkylation sites (tertiary alicyclic amines) is 1. The number of amides is 2. The molecule has 1 saturated heterocycles. The van der Waals surface area contributed by atoms with Crippen LogP contribution in [-0.2, 0) is 9.59 Å². The Bertz CT molecular complexity index is 568. The summed E-state index contributed by atoms with van der Waals surface area (Å²) in [5.41, 5.74) is 6.47. The summed E-state index contributed by atoms with van der Waals surface area (Å²) in [6, 6.07) is 7.69. The van der Waals surface area contributed by atoms with E-state index in [1.807, 2.05) is 36.1 Å². The van der Waals surface area contributed by atoms with Crippen LogP contribution in [0.2, 0.25) is 0 Å². The van der Waals surface area contributed by atoms with E-state index in [1.165, 1.54) is 0 Å². The Morgan fingerprint density at radius 1 is 1.36 bits per heavy atom. The van der Waals surface area contributed by atoms with Gasteiger partial charge in [-0.05, 0) is 43.9 Å². The molecule has 0 spiro atoms. The zero-order valence-corrected chi connectivity index (χ0v) is 15.5. The van der Waals surface area contributed by atoms with Gasteiger partial charge in [-0.15, -0.1) is 12.4 Å². The van der Waals surface area contributed by atoms with Crippen molar-refractivity contribution in [2.45, 2.75) is 38.6 Å². The third-order valence-corrected chi connectivity index (χ3v) is 4.21. The fraction of sp³-hybridized carbons (Fsp3) is 0.556. The van der Waals surface area contributed by atoms with Gasteiger partial charge >= 0.3 is 0 Å². The molecule has 25 heavy (non-hydrogen) atoms. The lowest BCUT2D eigenvalue weighted by molar-refractivity contribution is -0.137. The van der Waals surface area contributed by atoms with Gasteiger partial charge in [-0.2, -0.15) is 0 Å². The van der Waals surface area contributed by atoms with Gasteiger partial charge in [0.25, 0.3) is 5.91 Å². The molecule has 1 aromatic carbocycles. The van der Waals surface area contributed by atoms with E-state index in [0.717, 1.165) is 24.8 Å². The number of nitrogens with two attached hydrogens (primary N) is 1. The average molecular weight is 370 g/mol. The SMILES string of the molecule is Cc1cccc(OCC(=O)N2CCCCC2CNC(=O)CCN)c1.Cl. The van der Waals surface area contributed by atoms with E-state index in [0.29, 0.717) is 31.8 Å². The average Bonchev–Trinajstić information content (AvgIpc) is 2.58. The van der Waals surface area contributed by atoms with Gasteiger partial charge in [0.2, 0.25) is 5.91 Å². The van der Waals surface area contributed by atoms with E-state index in [4.69, 9.17) is 10.5 Å². The van der Waals surface area contributed by atoms with Gasteiger partial charge in [-0.1, -0.05) is 12.1 Å². The molecule has 1 unspecified atom stereocenters. The first-order valence-corrected chi connectivity index (χ1v) is 8.56. The highest BCUT2D eigenvalue weighted by molar-refractivity contribution is 5.85. The quantitative estimate of drug-likeness (QED) is 0.765. The minimum Gasteiger partial charge on any atom is -0.484 e. The standard InChI is InChI=1S/C18H27N3O3.ClH/c1-14-5-4-7-16(11-14)24-13-18(23)21-10-3-2-6-15(21)12-20-17(22)8-9-19;/h4-5,7,11,15H,2-3,6,8-10,12-13,19H2,1H3,(H,20,22);1H. The van der Waals surface area contributed by atoms with Crippen LogP contribution in [0.1, 0.15) is 31.2 Å². The van der Waals surface area contributed by atoms with Crippen molar-refractivity contribution >= 4 is 24.2 Å². The summed E-state index contributed by atoms with van der Waals surface area (Å²) in [6.07, 6.45) is 3.28. The highest BCUT2D eigenvalue weighted by Crippen LogP contribution is 2.18. The summed E-state index contributed by atoms with van der Waals surface area (Å²) in [4.78, 5) is 25.9. The van der Waals surface area contributed by atoms with Gasteiger partial charge in [-0.3, -0.25) is 9.59 Å². The van der Waals surface area contributed by atoms with Crippen LogP contribution in [0.5, 0.6) is 5.75 Å². The number of nitrogens with zero attached hydrogens (tertiary/aromatic N) is 1. The maximum Gasteiger partial charge on any atom is 0.260 e. The second-order valence-electron chi connectivity index (χ2n) is 6.18. The number of rotatable bonds is 7. The summed E-state index contributed by atoms with van der Waals surface area (Å²) in [5.74, 6) is 0.605. The number of aryl methyl sites for hydroxylation is 1. The summed E-state index contributed by atoms with van der Waals surface area (Å²) >= 11 is 0. The molecule has 6 nitrogen and oxygen atoms in total. The Hall–Kier alpha value is -1.79. The van der Waals surface area contributed by atoms with Crippen molar-refractivity contribution in [3.8, 4) is 5.75 Å². The number of carbonyl (C=O) groups is 2. The monoisotopic (exact) mass is 369 g/mol. The fourth-order valence-corrected chi connectivity index (χ4v) is 2.93. The Labute approximate surface area is 155 Å². The molecule has 1 fully saturated rings. The van der Waals surface area contributed by atoms with Gasteiger partial charge in [0.15, 0.2) is 6.61 Å². The van der Waals surface area contributed by atoms with Crippen molar-refractivity contribution in [3.63, 3.8) is 0 Å². The van der Waals surface area contributed by atoms with Crippen molar-refractivity contribution in [1.29, 1.82) is 0 Å². The molecule has 1 heterocycles. The molecule has 140 valence electrons. The summed E-state index contributed by atoms with van der Waals surface area (Å²) in [6.45, 7) is 3.54. The first kappa shape index (κ1) is 21.3. The van der Waals surface area contributed by atoms with Crippen molar-refractivity contribution in [3.05, 3.63) is 29.8 Å². The fourth-order valence-electron chi connectivity index (χ4n) is 2.93. The van der Waals surface area contributed by atoms with Crippen LogP contribution in [0.3, 0.4) is 0 Å². The van der Waals surface area contributed by atoms with E-state index in [-0.39, 0.29) is 36.9 Å². The van der Waals surface area contributed by atoms with E-state index in [9.17, 15) is 9.59 Å². The molecule has 2 amide bonds. The summed E-state index contributed by atoms with van der Waals surface area (Å²) in [7, 11) is 0. The molecule has 0 aliphatic carbocycles. The Morgan fingerprint density at radius 2 is 2.16 bits per heavy atom. The van der Waals surface area contributed by atoms with Crippen molar-refractivity contribution < 1.29 is 14.3 Å². The second-order valence-corrected chi connectivity index (χ2v) is 6.18. The molecule has 1 aromatic rings. The zero-order valence-electron chi connectivity index (χ0n) is 14.7. The molecule has 7 heteroatoms. The molecular formula is C18H28ClN3O3. The number of carbonyl (C=O) groups excluding carboxylic acids is 2. The minimum absolute atomic E-state index is 0. The lowest BCUT2D eigenvalue weighted by Gasteiger charge is -2.35. The summed E-state index contributed by atoms with van der Waals surface area (Å²) in [5, 5.41) is 2.87. The maximum absolute atomic E-state index is 12.5. The number of piperidine rings is 1. The second kappa shape index (κ2) is 10.9. The molecule has 0 bridgehead atoms. The molecule has 0 saturated carbocycles. The van der Waals surface area contributed by atoms with Gasteiger partial charge in [0, 0.05) is 32.1 Å². The minimum atomic E-state index is -0.0634. The first-order valence-electron chi connectivity index (χ1n) is 8.56. The number of benzene rings is 1. The molecular weight excluding hydrogens is 342 g/mol. The predicted octanol–water partition coefficient (Wildman–Crippen LogP) is 1.64. The predicted molar refractivity (Wildman–Crippen MR) is 100.0 cm³/mol. The highest BCUT2D eigenvalue weighted by atomic mass is 35.5. The Morgan fingerprint density at radius 3 is 2.88 bits per heavy atom. The number of hydrogen-bond acceptors (Lipinski definition) is 4. The molecule has 0 radical (unpaired) electrons. The van der Waals surface area contributed by atoms with Crippen LogP contribution < -0.4 is 15.8 Å². The van der Waals surface area contributed by atoms with Crippen LogP contribution in [0.25, 0.3) is 0 Å². The van der Waals surface area contributed by atoms with Gasteiger partial charge in [0.05, 0.1) is 0 Å². The van der Waals surface area contributed by atoms with Crippen LogP contribution >= 0.6 is 12.4 Å². The molecule has 0 aromatic heterocycles. The lowest BCUT2D eigenvalue weighted by atomic mass is 10.0. The van der Waals surface area contributed by atoms with E-state index >= 15 is 0 Å². The van der Waals surface area contributed by atoms with Gasteiger partial charge < -0.3 is 20.7 Å². The lowest BCUT2D eigenvalue weighted by Crippen LogP contribution is -2.50. The van der Waals surface area contributed by atoms with Gasteiger partial charge in [0.1, 0.15) is 5.75 Å². The van der Waals surface area contributed by atoms with E-state index in [2.05, 4.69) is 5.32 Å². The van der Waals surface area contributed by atoms with Crippen LogP contribution in [0, 0.1) is 6.92 Å². The molecule has 1 aliphatic heterocycles. The zero-order chi connectivity index (χ0) is 17.4. The third-order valence-electron chi connectivity index (χ3n) is 4.21.